The highest BCUT2D eigenvalue weighted by Gasteiger charge is 2.40. The number of ketones is 1. The molecular weight excluding hydrogens is 397 g/mol. The quantitative estimate of drug-likeness (QED) is 0.739. The van der Waals surface area contributed by atoms with E-state index in [1.54, 1.807) is 18.3 Å². The van der Waals surface area contributed by atoms with Crippen molar-refractivity contribution in [2.24, 2.45) is 13.0 Å². The van der Waals surface area contributed by atoms with Crippen molar-refractivity contribution in [3.8, 4) is 0 Å². The van der Waals surface area contributed by atoms with Crippen molar-refractivity contribution >= 4 is 36.9 Å². The van der Waals surface area contributed by atoms with Gasteiger partial charge in [0.25, 0.3) is 0 Å². The average Bonchev–Trinajstić information content (AvgIpc) is 3.43. The highest BCUT2D eigenvalue weighted by atomic mass is 35.5. The molecular formula is C21H25ClFN3OS. The number of nitrogens with zero attached hydrogens (tertiary/aromatic N) is 3. The van der Waals surface area contributed by atoms with Gasteiger partial charge in [-0.3, -0.25) is 14.4 Å². The van der Waals surface area contributed by atoms with E-state index in [-0.39, 0.29) is 35.2 Å². The average molecular weight is 422 g/mol. The fourth-order valence-electron chi connectivity index (χ4n) is 3.79. The maximum absolute atomic E-state index is 14.6. The highest BCUT2D eigenvalue weighted by molar-refractivity contribution is 7.81. The van der Waals surface area contributed by atoms with Gasteiger partial charge in [0, 0.05) is 43.1 Å². The molecule has 28 heavy (non-hydrogen) atoms. The summed E-state index contributed by atoms with van der Waals surface area (Å²) in [5, 5.41) is 4.34. The Labute approximate surface area is 176 Å². The first-order chi connectivity index (χ1) is 13.0. The fourth-order valence-corrected chi connectivity index (χ4v) is 4.06. The smallest absolute Gasteiger partial charge is 0.157 e. The van der Waals surface area contributed by atoms with Crippen LogP contribution in [0.5, 0.6) is 0 Å². The number of Topliss-reactive ketones (excluding diaryl/α,β-unsaturated/α-hetero) is 1. The van der Waals surface area contributed by atoms with Crippen LogP contribution in [0.4, 0.5) is 4.39 Å². The number of benzene rings is 1. The summed E-state index contributed by atoms with van der Waals surface area (Å²) in [6.07, 6.45) is 6.53. The molecule has 2 fully saturated rings. The summed E-state index contributed by atoms with van der Waals surface area (Å²) in [4.78, 5) is 15.2. The molecule has 2 unspecified atom stereocenters. The molecule has 2 aromatic rings. The van der Waals surface area contributed by atoms with E-state index < -0.39 is 6.04 Å². The molecule has 1 aromatic heterocycles. The van der Waals surface area contributed by atoms with E-state index >= 15 is 0 Å². The molecule has 1 aromatic carbocycles. The summed E-state index contributed by atoms with van der Waals surface area (Å²) in [6, 6.07) is 8.11. The number of aryl methyl sites for hydroxylation is 1. The molecule has 1 saturated heterocycles. The third kappa shape index (κ3) is 4.34. The lowest BCUT2D eigenvalue weighted by Gasteiger charge is -2.37. The number of thiol groups is 1. The Morgan fingerprint density at radius 1 is 1.29 bits per heavy atom. The molecule has 2 atom stereocenters. The van der Waals surface area contributed by atoms with Crippen molar-refractivity contribution in [2.45, 2.75) is 30.6 Å². The Bertz CT molecular complexity index is 880. The number of aromatic nitrogens is 2. The molecule has 1 aliphatic heterocycles. The van der Waals surface area contributed by atoms with Crippen molar-refractivity contribution in [1.29, 1.82) is 0 Å². The van der Waals surface area contributed by atoms with Crippen LogP contribution >= 0.6 is 25.0 Å². The molecule has 2 heterocycles. The molecule has 150 valence electrons. The van der Waals surface area contributed by atoms with Gasteiger partial charge < -0.3 is 0 Å². The van der Waals surface area contributed by atoms with Crippen LogP contribution in [0.15, 0.2) is 42.1 Å². The number of carbonyl (C=O) groups is 1. The zero-order valence-electron chi connectivity index (χ0n) is 15.8. The predicted molar refractivity (Wildman–Crippen MR) is 114 cm³/mol. The minimum atomic E-state index is -0.519. The Balaban J connectivity index is 0.00000225. The molecule has 0 radical (unpaired) electrons. The highest BCUT2D eigenvalue weighted by Crippen LogP contribution is 2.39. The van der Waals surface area contributed by atoms with Gasteiger partial charge in [-0.1, -0.05) is 18.2 Å². The molecule has 1 saturated carbocycles. The van der Waals surface area contributed by atoms with Crippen LogP contribution in [-0.4, -0.2) is 38.8 Å². The predicted octanol–water partition coefficient (Wildman–Crippen LogP) is 4.09. The number of hydrogen-bond acceptors (Lipinski definition) is 4. The monoisotopic (exact) mass is 421 g/mol. The molecule has 1 aliphatic carbocycles. The van der Waals surface area contributed by atoms with Crippen LogP contribution in [0, 0.1) is 11.7 Å². The van der Waals surface area contributed by atoms with Gasteiger partial charge in [-0.25, -0.2) is 4.39 Å². The van der Waals surface area contributed by atoms with Crippen LogP contribution in [0.3, 0.4) is 0 Å². The van der Waals surface area contributed by atoms with Crippen molar-refractivity contribution < 1.29 is 9.18 Å². The number of hydrogen-bond donors (Lipinski definition) is 1. The second kappa shape index (κ2) is 8.80. The molecule has 0 bridgehead atoms. The molecule has 4 nitrogen and oxygen atoms in total. The van der Waals surface area contributed by atoms with Gasteiger partial charge in [-0.2, -0.15) is 17.7 Å². The second-order valence-electron chi connectivity index (χ2n) is 7.47. The lowest BCUT2D eigenvalue weighted by molar-refractivity contribution is -0.126. The molecule has 2 aliphatic rings. The largest absolute Gasteiger partial charge is 0.297 e. The summed E-state index contributed by atoms with van der Waals surface area (Å²) in [7, 11) is 1.90. The van der Waals surface area contributed by atoms with Crippen molar-refractivity contribution in [1.82, 2.24) is 14.7 Å². The minimum absolute atomic E-state index is 0. The SMILES string of the molecule is Cl.Cn1nccc1/C=C1/CN(C(C(=O)C2CC2)c2ccccc2F)CCC1S. The minimum Gasteiger partial charge on any atom is -0.297 e. The van der Waals surface area contributed by atoms with Gasteiger partial charge in [-0.05, 0) is 43.0 Å². The van der Waals surface area contributed by atoms with Gasteiger partial charge in [0.15, 0.2) is 5.78 Å². The molecule has 4 rings (SSSR count). The number of carbonyl (C=O) groups excluding carboxylic acids is 1. The van der Waals surface area contributed by atoms with Crippen molar-refractivity contribution in [2.75, 3.05) is 13.1 Å². The lowest BCUT2D eigenvalue weighted by Crippen LogP contribution is -2.42. The Hall–Kier alpha value is -1.63. The molecule has 0 N–H and O–H groups in total. The number of piperidine rings is 1. The van der Waals surface area contributed by atoms with Gasteiger partial charge >= 0.3 is 0 Å². The second-order valence-corrected chi connectivity index (χ2v) is 8.10. The summed E-state index contributed by atoms with van der Waals surface area (Å²) in [5.74, 6) is -0.0768. The van der Waals surface area contributed by atoms with Crippen LogP contribution in [0.2, 0.25) is 0 Å². The van der Waals surface area contributed by atoms with E-state index in [1.165, 1.54) is 6.07 Å². The van der Waals surface area contributed by atoms with E-state index in [9.17, 15) is 9.18 Å². The Kier molecular flexibility index (Phi) is 6.63. The summed E-state index contributed by atoms with van der Waals surface area (Å²) in [6.45, 7) is 1.34. The van der Waals surface area contributed by atoms with Crippen LogP contribution < -0.4 is 0 Å². The van der Waals surface area contributed by atoms with Crippen molar-refractivity contribution in [3.63, 3.8) is 0 Å². The van der Waals surface area contributed by atoms with E-state index in [0.29, 0.717) is 12.1 Å². The Morgan fingerprint density at radius 3 is 2.68 bits per heavy atom. The summed E-state index contributed by atoms with van der Waals surface area (Å²) >= 11 is 4.74. The summed E-state index contributed by atoms with van der Waals surface area (Å²) < 4.78 is 16.4. The standard InChI is InChI=1S/C21H24FN3OS.ClH/c1-24-16(8-10-23-24)12-15-13-25(11-9-19(15)27)20(21(26)14-6-7-14)17-4-2-3-5-18(17)22;/h2-5,8,10,12,14,19-20,27H,6-7,9,11,13H2,1H3;1H/b15-12-;. The summed E-state index contributed by atoms with van der Waals surface area (Å²) in [5.41, 5.74) is 2.63. The van der Waals surface area contributed by atoms with E-state index in [2.05, 4.69) is 16.1 Å². The molecule has 7 heteroatoms. The Morgan fingerprint density at radius 2 is 2.04 bits per heavy atom. The normalized spacial score (nSPS) is 22.7. The zero-order valence-corrected chi connectivity index (χ0v) is 17.5. The van der Waals surface area contributed by atoms with Gasteiger partial charge in [-0.15, -0.1) is 12.4 Å². The maximum Gasteiger partial charge on any atom is 0.157 e. The van der Waals surface area contributed by atoms with Crippen LogP contribution in [0.1, 0.15) is 36.6 Å². The molecule has 0 spiro atoms. The molecule has 0 amide bonds. The zero-order chi connectivity index (χ0) is 19.0. The van der Waals surface area contributed by atoms with Crippen molar-refractivity contribution in [3.05, 3.63) is 59.2 Å². The topological polar surface area (TPSA) is 38.1 Å². The first kappa shape index (κ1) is 21.1. The van der Waals surface area contributed by atoms with Gasteiger partial charge in [0.1, 0.15) is 5.82 Å². The first-order valence-electron chi connectivity index (χ1n) is 9.43. The van der Waals surface area contributed by atoms with Crippen LogP contribution in [0.25, 0.3) is 6.08 Å². The fraction of sp³-hybridized carbons (Fsp3) is 0.429. The number of rotatable bonds is 5. The van der Waals surface area contributed by atoms with Gasteiger partial charge in [0.2, 0.25) is 0 Å². The first-order valence-corrected chi connectivity index (χ1v) is 9.95. The third-order valence-electron chi connectivity index (χ3n) is 5.51. The number of likely N-dealkylation sites (tertiary alicyclic amines) is 1. The number of halogens is 2. The third-order valence-corrected chi connectivity index (χ3v) is 6.10. The maximum atomic E-state index is 14.6. The van der Waals surface area contributed by atoms with E-state index in [0.717, 1.165) is 37.1 Å². The van der Waals surface area contributed by atoms with Crippen LogP contribution in [-0.2, 0) is 11.8 Å². The van der Waals surface area contributed by atoms with Gasteiger partial charge in [0.05, 0.1) is 11.7 Å². The lowest BCUT2D eigenvalue weighted by atomic mass is 9.93. The van der Waals surface area contributed by atoms with E-state index in [4.69, 9.17) is 12.6 Å². The van der Waals surface area contributed by atoms with E-state index in [1.807, 2.05) is 23.9 Å².